The van der Waals surface area contributed by atoms with E-state index in [-0.39, 0.29) is 24.3 Å². The van der Waals surface area contributed by atoms with Crippen LogP contribution in [0.3, 0.4) is 0 Å². The lowest BCUT2D eigenvalue weighted by atomic mass is 10.1. The predicted octanol–water partition coefficient (Wildman–Crippen LogP) is 1.41. The lowest BCUT2D eigenvalue weighted by molar-refractivity contribution is -0.136. The molecule has 1 amide bonds. The fraction of sp³-hybridized carbons (Fsp3) is 0.438. The van der Waals surface area contributed by atoms with Crippen LogP contribution in [0.4, 0.5) is 4.39 Å². The van der Waals surface area contributed by atoms with Crippen molar-refractivity contribution < 1.29 is 18.4 Å². The molecule has 128 valence electrons. The van der Waals surface area contributed by atoms with Gasteiger partial charge in [0.2, 0.25) is 5.89 Å². The number of aryl methyl sites for hydroxylation is 1. The van der Waals surface area contributed by atoms with Crippen LogP contribution in [-0.4, -0.2) is 59.1 Å². The van der Waals surface area contributed by atoms with Gasteiger partial charge in [0.25, 0.3) is 5.91 Å². The molecule has 1 aromatic carbocycles. The average molecular weight is 334 g/mol. The molecule has 7 nitrogen and oxygen atoms in total. The van der Waals surface area contributed by atoms with E-state index in [9.17, 15) is 9.18 Å². The zero-order valence-corrected chi connectivity index (χ0v) is 13.6. The number of amides is 1. The molecule has 1 fully saturated rings. The summed E-state index contributed by atoms with van der Waals surface area (Å²) in [5, 5.41) is 3.80. The highest BCUT2D eigenvalue weighted by atomic mass is 19.1. The minimum absolute atomic E-state index is 0.0732. The van der Waals surface area contributed by atoms with Gasteiger partial charge in [-0.15, -0.1) is 0 Å². The predicted molar refractivity (Wildman–Crippen MR) is 82.9 cm³/mol. The fourth-order valence-electron chi connectivity index (χ4n) is 2.61. The number of likely N-dealkylation sites (N-methyl/N-ethyl adjacent to an activating group) is 1. The molecule has 2 heterocycles. The Morgan fingerprint density at radius 2 is 2.21 bits per heavy atom. The standard InChI is InChI=1S/C16H19FN4O3/c1-11-18-16(24-19-11)13-9-21(8-7-20(13)2)15(22)10-23-14-6-4-3-5-12(14)17/h3-6,13H,7-10H2,1-2H3/t13-/m0/s1. The first-order chi connectivity index (χ1) is 11.5. The smallest absolute Gasteiger partial charge is 0.260 e. The van der Waals surface area contributed by atoms with Crippen molar-refractivity contribution in [3.05, 3.63) is 41.8 Å². The Bertz CT molecular complexity index is 721. The fourth-order valence-corrected chi connectivity index (χ4v) is 2.61. The number of carbonyl (C=O) groups excluding carboxylic acids is 1. The van der Waals surface area contributed by atoms with Gasteiger partial charge >= 0.3 is 0 Å². The largest absolute Gasteiger partial charge is 0.481 e. The van der Waals surface area contributed by atoms with Gasteiger partial charge in [-0.05, 0) is 26.1 Å². The number of piperazine rings is 1. The van der Waals surface area contributed by atoms with E-state index >= 15 is 0 Å². The number of halogens is 1. The summed E-state index contributed by atoms with van der Waals surface area (Å²) in [6, 6.07) is 5.87. The molecule has 1 aromatic heterocycles. The van der Waals surface area contributed by atoms with Gasteiger partial charge in [-0.25, -0.2) is 4.39 Å². The summed E-state index contributed by atoms with van der Waals surface area (Å²) < 4.78 is 24.1. The van der Waals surface area contributed by atoms with Crippen molar-refractivity contribution in [3.63, 3.8) is 0 Å². The number of para-hydroxylation sites is 1. The third kappa shape index (κ3) is 3.53. The van der Waals surface area contributed by atoms with E-state index in [4.69, 9.17) is 9.26 Å². The van der Waals surface area contributed by atoms with Crippen molar-refractivity contribution in [2.24, 2.45) is 0 Å². The molecule has 1 aliphatic rings. The Morgan fingerprint density at radius 3 is 2.92 bits per heavy atom. The van der Waals surface area contributed by atoms with Gasteiger partial charge in [0, 0.05) is 19.6 Å². The first-order valence-electron chi connectivity index (χ1n) is 7.70. The van der Waals surface area contributed by atoms with Gasteiger partial charge in [-0.2, -0.15) is 4.98 Å². The van der Waals surface area contributed by atoms with Crippen molar-refractivity contribution in [1.82, 2.24) is 19.9 Å². The van der Waals surface area contributed by atoms with Crippen LogP contribution in [0, 0.1) is 12.7 Å². The van der Waals surface area contributed by atoms with Gasteiger partial charge < -0.3 is 14.2 Å². The van der Waals surface area contributed by atoms with Crippen molar-refractivity contribution >= 4 is 5.91 Å². The van der Waals surface area contributed by atoms with Gasteiger partial charge in [-0.3, -0.25) is 9.69 Å². The summed E-state index contributed by atoms with van der Waals surface area (Å²) >= 11 is 0. The van der Waals surface area contributed by atoms with E-state index in [2.05, 4.69) is 15.0 Å². The highest BCUT2D eigenvalue weighted by Crippen LogP contribution is 2.23. The number of carbonyl (C=O) groups is 1. The van der Waals surface area contributed by atoms with Crippen LogP contribution in [-0.2, 0) is 4.79 Å². The summed E-state index contributed by atoms with van der Waals surface area (Å²) in [6.45, 7) is 3.22. The van der Waals surface area contributed by atoms with Crippen molar-refractivity contribution in [3.8, 4) is 5.75 Å². The molecule has 1 aliphatic heterocycles. The minimum atomic E-state index is -0.483. The van der Waals surface area contributed by atoms with Crippen molar-refractivity contribution in [2.45, 2.75) is 13.0 Å². The molecule has 0 N–H and O–H groups in total. The Morgan fingerprint density at radius 1 is 1.42 bits per heavy atom. The van der Waals surface area contributed by atoms with Crippen LogP contribution >= 0.6 is 0 Å². The molecule has 3 rings (SSSR count). The van der Waals surface area contributed by atoms with Crippen molar-refractivity contribution in [2.75, 3.05) is 33.3 Å². The Balaban J connectivity index is 1.62. The molecular weight excluding hydrogens is 315 g/mol. The molecule has 1 saturated heterocycles. The Hall–Kier alpha value is -2.48. The highest BCUT2D eigenvalue weighted by molar-refractivity contribution is 5.78. The summed E-state index contributed by atoms with van der Waals surface area (Å²) in [5.74, 6) is 0.437. The van der Waals surface area contributed by atoms with E-state index in [1.54, 1.807) is 24.0 Å². The second kappa shape index (κ2) is 6.96. The average Bonchev–Trinajstić information content (AvgIpc) is 3.00. The minimum Gasteiger partial charge on any atom is -0.481 e. The number of nitrogens with zero attached hydrogens (tertiary/aromatic N) is 4. The topological polar surface area (TPSA) is 71.7 Å². The summed E-state index contributed by atoms with van der Waals surface area (Å²) in [6.07, 6.45) is 0. The van der Waals surface area contributed by atoms with Crippen LogP contribution in [0.25, 0.3) is 0 Å². The van der Waals surface area contributed by atoms with Gasteiger partial charge in [0.05, 0.1) is 0 Å². The Labute approximate surface area is 139 Å². The molecular formula is C16H19FN4O3. The monoisotopic (exact) mass is 334 g/mol. The molecule has 24 heavy (non-hydrogen) atoms. The van der Waals surface area contributed by atoms with Gasteiger partial charge in [0.1, 0.15) is 6.04 Å². The van der Waals surface area contributed by atoms with E-state index in [0.717, 1.165) is 0 Å². The molecule has 0 bridgehead atoms. The maximum atomic E-state index is 13.5. The van der Waals surface area contributed by atoms with E-state index in [1.165, 1.54) is 12.1 Å². The molecule has 0 radical (unpaired) electrons. The SMILES string of the molecule is Cc1noc([C@@H]2CN(C(=O)COc3ccccc3F)CCN2C)n1. The summed E-state index contributed by atoms with van der Waals surface area (Å²) in [5.41, 5.74) is 0. The summed E-state index contributed by atoms with van der Waals surface area (Å²) in [4.78, 5) is 20.3. The molecule has 1 atom stereocenters. The van der Waals surface area contributed by atoms with E-state index < -0.39 is 5.82 Å². The van der Waals surface area contributed by atoms with E-state index in [1.807, 2.05) is 7.05 Å². The first-order valence-corrected chi connectivity index (χ1v) is 7.70. The van der Waals surface area contributed by atoms with Gasteiger partial charge in [0.15, 0.2) is 24.0 Å². The van der Waals surface area contributed by atoms with Crippen LogP contribution in [0.1, 0.15) is 17.8 Å². The summed E-state index contributed by atoms with van der Waals surface area (Å²) in [7, 11) is 1.95. The lowest BCUT2D eigenvalue weighted by Crippen LogP contribution is -2.50. The highest BCUT2D eigenvalue weighted by Gasteiger charge is 2.32. The lowest BCUT2D eigenvalue weighted by Gasteiger charge is -2.37. The Kier molecular flexibility index (Phi) is 4.75. The number of hydrogen-bond acceptors (Lipinski definition) is 6. The third-order valence-electron chi connectivity index (χ3n) is 4.02. The molecule has 2 aromatic rings. The second-order valence-electron chi connectivity index (χ2n) is 5.74. The molecule has 0 spiro atoms. The first kappa shape index (κ1) is 16.4. The van der Waals surface area contributed by atoms with Crippen LogP contribution < -0.4 is 4.74 Å². The third-order valence-corrected chi connectivity index (χ3v) is 4.02. The van der Waals surface area contributed by atoms with Crippen LogP contribution in [0.15, 0.2) is 28.8 Å². The number of hydrogen-bond donors (Lipinski definition) is 0. The van der Waals surface area contributed by atoms with Crippen LogP contribution in [0.5, 0.6) is 5.75 Å². The van der Waals surface area contributed by atoms with Crippen molar-refractivity contribution in [1.29, 1.82) is 0 Å². The number of aromatic nitrogens is 2. The zero-order chi connectivity index (χ0) is 17.1. The second-order valence-corrected chi connectivity index (χ2v) is 5.74. The molecule has 8 heteroatoms. The molecule has 0 unspecified atom stereocenters. The number of benzene rings is 1. The maximum Gasteiger partial charge on any atom is 0.260 e. The maximum absolute atomic E-state index is 13.5. The zero-order valence-electron chi connectivity index (χ0n) is 13.6. The van der Waals surface area contributed by atoms with Crippen LogP contribution in [0.2, 0.25) is 0 Å². The number of rotatable bonds is 4. The quantitative estimate of drug-likeness (QED) is 0.842. The van der Waals surface area contributed by atoms with E-state index in [0.29, 0.717) is 31.3 Å². The normalized spacial score (nSPS) is 18.6. The number of ether oxygens (including phenoxy) is 1. The molecule has 0 aliphatic carbocycles. The van der Waals surface area contributed by atoms with Gasteiger partial charge in [-0.1, -0.05) is 17.3 Å². The molecule has 0 saturated carbocycles.